The molecule has 0 aliphatic carbocycles. The highest BCUT2D eigenvalue weighted by Crippen LogP contribution is 2.25. The molecule has 0 heterocycles. The molecule has 0 aliphatic rings. The van der Waals surface area contributed by atoms with Crippen LogP contribution in [0.5, 0.6) is 0 Å². The van der Waals surface area contributed by atoms with Crippen LogP contribution in [0.2, 0.25) is 0 Å². The van der Waals surface area contributed by atoms with Crippen molar-refractivity contribution in [2.45, 2.75) is 38.8 Å². The Morgan fingerprint density at radius 1 is 1.25 bits per heavy atom. The fourth-order valence-electron chi connectivity index (χ4n) is 2.15. The van der Waals surface area contributed by atoms with E-state index in [2.05, 4.69) is 19.2 Å². The van der Waals surface area contributed by atoms with Crippen LogP contribution < -0.4 is 5.32 Å². The highest BCUT2D eigenvalue weighted by atomic mass is 16.3. The minimum atomic E-state index is -0.384. The van der Waals surface area contributed by atoms with Crippen molar-refractivity contribution in [3.63, 3.8) is 0 Å². The lowest BCUT2D eigenvalue weighted by atomic mass is 9.88. The third-order valence-corrected chi connectivity index (χ3v) is 3.24. The minimum Gasteiger partial charge on any atom is -0.388 e. The van der Waals surface area contributed by atoms with Gasteiger partial charge in [0.1, 0.15) is 0 Å². The molecule has 0 fully saturated rings. The zero-order chi connectivity index (χ0) is 12.0. The fraction of sp³-hybridized carbons (Fsp3) is 0.571. The van der Waals surface area contributed by atoms with E-state index < -0.39 is 0 Å². The van der Waals surface area contributed by atoms with E-state index in [1.165, 1.54) is 0 Å². The number of rotatable bonds is 6. The van der Waals surface area contributed by atoms with Gasteiger partial charge in [0.15, 0.2) is 0 Å². The summed E-state index contributed by atoms with van der Waals surface area (Å²) >= 11 is 0. The molecule has 2 nitrogen and oxygen atoms in total. The van der Waals surface area contributed by atoms with Gasteiger partial charge in [-0.2, -0.15) is 0 Å². The molecule has 0 spiro atoms. The Balaban J connectivity index is 2.69. The topological polar surface area (TPSA) is 32.3 Å². The molecule has 2 heteroatoms. The molecule has 16 heavy (non-hydrogen) atoms. The van der Waals surface area contributed by atoms with Crippen molar-refractivity contribution < 1.29 is 5.11 Å². The predicted molar refractivity (Wildman–Crippen MR) is 68.3 cm³/mol. The Hall–Kier alpha value is -0.860. The summed E-state index contributed by atoms with van der Waals surface area (Å²) in [7, 11) is 1.97. The Kier molecular flexibility index (Phi) is 5.50. The van der Waals surface area contributed by atoms with Gasteiger partial charge < -0.3 is 10.4 Å². The monoisotopic (exact) mass is 221 g/mol. The third-order valence-electron chi connectivity index (χ3n) is 3.24. The largest absolute Gasteiger partial charge is 0.388 e. The van der Waals surface area contributed by atoms with Crippen LogP contribution in [0.3, 0.4) is 0 Å². The summed E-state index contributed by atoms with van der Waals surface area (Å²) in [5.41, 5.74) is 1.01. The molecule has 0 bridgehead atoms. The predicted octanol–water partition coefficient (Wildman–Crippen LogP) is 2.74. The molecule has 1 aromatic carbocycles. The molecule has 90 valence electrons. The number of benzene rings is 1. The molecule has 0 saturated heterocycles. The summed E-state index contributed by atoms with van der Waals surface area (Å²) < 4.78 is 0. The maximum absolute atomic E-state index is 10.3. The lowest BCUT2D eigenvalue weighted by Crippen LogP contribution is -2.35. The van der Waals surface area contributed by atoms with Gasteiger partial charge in [-0.05, 0) is 19.0 Å². The van der Waals surface area contributed by atoms with Crippen LogP contribution in [0.4, 0.5) is 0 Å². The van der Waals surface area contributed by atoms with Crippen molar-refractivity contribution in [2.24, 2.45) is 5.92 Å². The number of hydrogen-bond donors (Lipinski definition) is 2. The van der Waals surface area contributed by atoms with Crippen LogP contribution in [0.15, 0.2) is 30.3 Å². The van der Waals surface area contributed by atoms with Gasteiger partial charge in [0, 0.05) is 12.0 Å². The summed E-state index contributed by atoms with van der Waals surface area (Å²) in [6, 6.07) is 10.3. The quantitative estimate of drug-likeness (QED) is 0.774. The van der Waals surface area contributed by atoms with Crippen LogP contribution in [-0.4, -0.2) is 18.2 Å². The number of aliphatic hydroxyl groups excluding tert-OH is 1. The van der Waals surface area contributed by atoms with Crippen LogP contribution in [0.1, 0.15) is 38.4 Å². The van der Waals surface area contributed by atoms with Gasteiger partial charge in [-0.15, -0.1) is 0 Å². The molecule has 0 aromatic heterocycles. The molecule has 1 rings (SSSR count). The Morgan fingerprint density at radius 2 is 1.88 bits per heavy atom. The van der Waals surface area contributed by atoms with E-state index in [4.69, 9.17) is 0 Å². The molecule has 0 amide bonds. The maximum atomic E-state index is 10.3. The first-order valence-electron chi connectivity index (χ1n) is 6.11. The molecule has 3 unspecified atom stereocenters. The van der Waals surface area contributed by atoms with E-state index in [9.17, 15) is 5.11 Å². The van der Waals surface area contributed by atoms with Gasteiger partial charge in [-0.25, -0.2) is 0 Å². The van der Waals surface area contributed by atoms with Gasteiger partial charge in [0.2, 0.25) is 0 Å². The lowest BCUT2D eigenvalue weighted by Gasteiger charge is -2.27. The van der Waals surface area contributed by atoms with Gasteiger partial charge in [0.05, 0.1) is 6.10 Å². The number of nitrogens with one attached hydrogen (secondary N) is 1. The average Bonchev–Trinajstić information content (AvgIpc) is 2.35. The summed E-state index contributed by atoms with van der Waals surface area (Å²) in [5, 5.41) is 13.6. The van der Waals surface area contributed by atoms with Gasteiger partial charge in [-0.3, -0.25) is 0 Å². The lowest BCUT2D eigenvalue weighted by molar-refractivity contribution is 0.0933. The van der Waals surface area contributed by atoms with Crippen molar-refractivity contribution >= 4 is 0 Å². The average molecular weight is 221 g/mol. The summed E-state index contributed by atoms with van der Waals surface area (Å²) in [4.78, 5) is 0. The summed E-state index contributed by atoms with van der Waals surface area (Å²) in [6.45, 7) is 4.28. The molecule has 1 aromatic rings. The van der Waals surface area contributed by atoms with Gasteiger partial charge >= 0.3 is 0 Å². The molecular formula is C14H23NO. The van der Waals surface area contributed by atoms with Crippen LogP contribution in [-0.2, 0) is 0 Å². The molecular weight excluding hydrogens is 198 g/mol. The van der Waals surface area contributed by atoms with Crippen LogP contribution >= 0.6 is 0 Å². The van der Waals surface area contributed by atoms with E-state index in [-0.39, 0.29) is 12.0 Å². The minimum absolute atomic E-state index is 0.229. The zero-order valence-electron chi connectivity index (χ0n) is 10.5. The van der Waals surface area contributed by atoms with Gasteiger partial charge in [0.25, 0.3) is 0 Å². The second kappa shape index (κ2) is 6.66. The van der Waals surface area contributed by atoms with E-state index >= 15 is 0 Å². The molecule has 3 atom stereocenters. The first-order chi connectivity index (χ1) is 7.70. The second-order valence-electron chi connectivity index (χ2n) is 4.40. The fourth-order valence-corrected chi connectivity index (χ4v) is 2.15. The van der Waals surface area contributed by atoms with Crippen molar-refractivity contribution in [1.82, 2.24) is 5.32 Å². The number of hydrogen-bond acceptors (Lipinski definition) is 2. The first kappa shape index (κ1) is 13.2. The van der Waals surface area contributed by atoms with Crippen LogP contribution in [0.25, 0.3) is 0 Å². The maximum Gasteiger partial charge on any atom is 0.0830 e. The van der Waals surface area contributed by atoms with Crippen molar-refractivity contribution in [3.05, 3.63) is 35.9 Å². The van der Waals surface area contributed by atoms with Gasteiger partial charge in [-0.1, -0.05) is 50.6 Å². The smallest absolute Gasteiger partial charge is 0.0830 e. The van der Waals surface area contributed by atoms with Crippen molar-refractivity contribution in [2.75, 3.05) is 7.05 Å². The molecule has 0 saturated carbocycles. The van der Waals surface area contributed by atoms with Crippen molar-refractivity contribution in [1.29, 1.82) is 0 Å². The number of aliphatic hydroxyl groups is 1. The molecule has 2 N–H and O–H groups in total. The van der Waals surface area contributed by atoms with E-state index in [0.29, 0.717) is 6.04 Å². The Labute approximate surface area is 98.7 Å². The zero-order valence-corrected chi connectivity index (χ0v) is 10.5. The Bertz CT molecular complexity index is 286. The standard InChI is InChI=1S/C14H23NO/c1-4-8-13(15-3)11(2)14(16)12-9-6-5-7-10-12/h5-7,9-11,13-16H,4,8H2,1-3H3. The SMILES string of the molecule is CCCC(NC)C(C)C(O)c1ccccc1. The summed E-state index contributed by atoms with van der Waals surface area (Å²) in [6.07, 6.45) is 1.85. The van der Waals surface area contributed by atoms with E-state index in [1.54, 1.807) is 0 Å². The van der Waals surface area contributed by atoms with Crippen LogP contribution in [0, 0.1) is 5.92 Å². The molecule has 0 radical (unpaired) electrons. The second-order valence-corrected chi connectivity index (χ2v) is 4.40. The highest BCUT2D eigenvalue weighted by Gasteiger charge is 2.23. The normalized spacial score (nSPS) is 16.8. The van der Waals surface area contributed by atoms with E-state index in [1.807, 2.05) is 37.4 Å². The van der Waals surface area contributed by atoms with E-state index in [0.717, 1.165) is 18.4 Å². The molecule has 0 aliphatic heterocycles. The first-order valence-corrected chi connectivity index (χ1v) is 6.11. The van der Waals surface area contributed by atoms with Crippen molar-refractivity contribution in [3.8, 4) is 0 Å². The Morgan fingerprint density at radius 3 is 2.38 bits per heavy atom. The summed E-state index contributed by atoms with van der Waals surface area (Å²) in [5.74, 6) is 0.229. The highest BCUT2D eigenvalue weighted by molar-refractivity contribution is 5.18. The third kappa shape index (κ3) is 3.32.